The summed E-state index contributed by atoms with van der Waals surface area (Å²) in [6.07, 6.45) is -5.53. The van der Waals surface area contributed by atoms with Crippen LogP contribution < -0.4 is 9.62 Å². The molecule has 0 radical (unpaired) electrons. The number of hydrogen-bond donors (Lipinski definition) is 4. The van der Waals surface area contributed by atoms with E-state index in [4.69, 9.17) is 11.6 Å². The van der Waals surface area contributed by atoms with E-state index in [9.17, 15) is 28.2 Å². The van der Waals surface area contributed by atoms with Crippen LogP contribution in [0.1, 0.15) is 24.2 Å². The molecule has 3 N–H and O–H groups in total. The number of urea groups is 1. The molecule has 0 saturated carbocycles. The van der Waals surface area contributed by atoms with Crippen molar-refractivity contribution in [2.24, 2.45) is 0 Å². The van der Waals surface area contributed by atoms with E-state index in [1.54, 1.807) is 0 Å². The molecule has 2 amide bonds. The van der Waals surface area contributed by atoms with Crippen LogP contribution >= 0.6 is 24.4 Å². The molecule has 10 heteroatoms. The molecule has 0 aliphatic heterocycles. The van der Waals surface area contributed by atoms with Crippen LogP contribution in [0.3, 0.4) is 0 Å². The van der Waals surface area contributed by atoms with Crippen LogP contribution in [0.5, 0.6) is 5.75 Å². The van der Waals surface area contributed by atoms with E-state index < -0.39 is 29.6 Å². The highest BCUT2D eigenvalue weighted by atomic mass is 35.5. The van der Waals surface area contributed by atoms with Crippen LogP contribution in [0.25, 0.3) is 0 Å². The first-order chi connectivity index (χ1) is 12.0. The lowest BCUT2D eigenvalue weighted by molar-refractivity contribution is -0.137. The smallest absolute Gasteiger partial charge is 0.416 e. The molecule has 140 valence electrons. The molecule has 0 heterocycles. The zero-order valence-corrected chi connectivity index (χ0v) is 14.9. The van der Waals surface area contributed by atoms with E-state index in [0.717, 1.165) is 28.6 Å². The van der Waals surface area contributed by atoms with Crippen molar-refractivity contribution in [1.29, 1.82) is 0 Å². The summed E-state index contributed by atoms with van der Waals surface area (Å²) in [5.74, 6) is -0.401. The van der Waals surface area contributed by atoms with Crippen LogP contribution in [-0.2, 0) is 6.18 Å². The Labute approximate surface area is 157 Å². The number of aliphatic hydroxyl groups excluding tert-OH is 1. The molecule has 1 unspecified atom stereocenters. The maximum Gasteiger partial charge on any atom is 0.416 e. The lowest BCUT2D eigenvalue weighted by atomic mass is 10.1. The fourth-order valence-corrected chi connectivity index (χ4v) is 2.54. The topological polar surface area (TPSA) is 72.8 Å². The Morgan fingerprint density at radius 2 is 1.85 bits per heavy atom. The summed E-state index contributed by atoms with van der Waals surface area (Å²) in [5, 5.41) is 22.3. The molecule has 0 aromatic heterocycles. The number of thiol groups is 1. The average Bonchev–Trinajstić information content (AvgIpc) is 2.55. The monoisotopic (exact) mass is 406 g/mol. The lowest BCUT2D eigenvalue weighted by Crippen LogP contribution is -2.27. The number of aliphatic hydroxyl groups is 1. The lowest BCUT2D eigenvalue weighted by Gasteiger charge is -2.20. The van der Waals surface area contributed by atoms with E-state index in [-0.39, 0.29) is 22.0 Å². The van der Waals surface area contributed by atoms with E-state index in [2.05, 4.69) is 18.1 Å². The van der Waals surface area contributed by atoms with Gasteiger partial charge in [-0.05, 0) is 43.3 Å². The number of nitrogens with one attached hydrogen (secondary N) is 1. The zero-order valence-electron chi connectivity index (χ0n) is 13.3. The van der Waals surface area contributed by atoms with Crippen molar-refractivity contribution >= 4 is 41.8 Å². The van der Waals surface area contributed by atoms with Crippen molar-refractivity contribution < 1.29 is 28.2 Å². The summed E-state index contributed by atoms with van der Waals surface area (Å²) in [6, 6.07) is 5.55. The Morgan fingerprint density at radius 3 is 2.35 bits per heavy atom. The molecule has 0 bridgehead atoms. The van der Waals surface area contributed by atoms with Crippen molar-refractivity contribution in [2.45, 2.75) is 19.2 Å². The SMILES string of the molecule is CC(O)c1cc(Cl)cc(N(S)C(=O)Nc2ccc(C(F)(F)F)cc2)c1O. The molecule has 2 aromatic carbocycles. The van der Waals surface area contributed by atoms with Crippen molar-refractivity contribution in [3.63, 3.8) is 0 Å². The third kappa shape index (κ3) is 4.54. The average molecular weight is 407 g/mol. The number of amides is 2. The number of alkyl halides is 3. The van der Waals surface area contributed by atoms with Gasteiger partial charge in [-0.1, -0.05) is 24.4 Å². The maximum atomic E-state index is 12.5. The van der Waals surface area contributed by atoms with E-state index in [0.29, 0.717) is 0 Å². The van der Waals surface area contributed by atoms with Gasteiger partial charge < -0.3 is 15.5 Å². The Bertz CT molecular complexity index is 814. The molecule has 26 heavy (non-hydrogen) atoms. The minimum absolute atomic E-state index is 0.0916. The molecule has 0 fully saturated rings. The largest absolute Gasteiger partial charge is 0.505 e. The predicted molar refractivity (Wildman–Crippen MR) is 95.7 cm³/mol. The Balaban J connectivity index is 2.23. The molecule has 2 aromatic rings. The van der Waals surface area contributed by atoms with Gasteiger partial charge in [0.1, 0.15) is 11.4 Å². The number of carbonyl (C=O) groups is 1. The van der Waals surface area contributed by atoms with Gasteiger partial charge in [0.15, 0.2) is 0 Å². The molecule has 5 nitrogen and oxygen atoms in total. The molecular weight excluding hydrogens is 393 g/mol. The quantitative estimate of drug-likeness (QED) is 0.542. The Kier molecular flexibility index (Phi) is 5.94. The number of phenols is 1. The van der Waals surface area contributed by atoms with Gasteiger partial charge in [-0.15, -0.1) is 0 Å². The summed E-state index contributed by atoms with van der Waals surface area (Å²) in [7, 11) is 0. The minimum Gasteiger partial charge on any atom is -0.505 e. The first kappa shape index (κ1) is 20.2. The minimum atomic E-state index is -4.48. The summed E-state index contributed by atoms with van der Waals surface area (Å²) in [6.45, 7) is 1.40. The van der Waals surface area contributed by atoms with Crippen molar-refractivity contribution in [3.05, 3.63) is 52.5 Å². The van der Waals surface area contributed by atoms with Gasteiger partial charge in [0.2, 0.25) is 0 Å². The number of anilines is 2. The standard InChI is InChI=1S/C16H14ClF3N2O3S/c1-8(23)12-6-10(17)7-13(14(12)24)22(26)15(25)21-11-4-2-9(3-5-11)16(18,19)20/h2-8,23-24,26H,1H3,(H,21,25). The highest BCUT2D eigenvalue weighted by Crippen LogP contribution is 2.38. The maximum absolute atomic E-state index is 12.5. The normalized spacial score (nSPS) is 12.6. The van der Waals surface area contributed by atoms with E-state index in [1.807, 2.05) is 0 Å². The number of aromatic hydroxyl groups is 1. The fourth-order valence-electron chi connectivity index (χ4n) is 2.11. The van der Waals surface area contributed by atoms with Gasteiger partial charge in [-0.2, -0.15) is 13.2 Å². The number of benzene rings is 2. The van der Waals surface area contributed by atoms with Gasteiger partial charge in [0.05, 0.1) is 11.7 Å². The van der Waals surface area contributed by atoms with Crippen LogP contribution in [0, 0.1) is 0 Å². The van der Waals surface area contributed by atoms with Gasteiger partial charge in [-0.3, -0.25) is 0 Å². The number of hydrogen-bond acceptors (Lipinski definition) is 4. The highest BCUT2D eigenvalue weighted by Gasteiger charge is 2.30. The summed E-state index contributed by atoms with van der Waals surface area (Å²) in [5.41, 5.74) is -0.762. The van der Waals surface area contributed by atoms with Crippen LogP contribution in [0.15, 0.2) is 36.4 Å². The number of halogens is 4. The zero-order chi connectivity index (χ0) is 19.6. The first-order valence-corrected chi connectivity index (χ1v) is 7.96. The van der Waals surface area contributed by atoms with Crippen molar-refractivity contribution in [1.82, 2.24) is 0 Å². The number of nitrogens with zero attached hydrogens (tertiary/aromatic N) is 1. The van der Waals surface area contributed by atoms with Gasteiger partial charge >= 0.3 is 12.2 Å². The van der Waals surface area contributed by atoms with Crippen LogP contribution in [0.4, 0.5) is 29.3 Å². The molecule has 0 saturated heterocycles. The number of phenolic OH excluding ortho intramolecular Hbond substituents is 1. The van der Waals surface area contributed by atoms with Crippen molar-refractivity contribution in [3.8, 4) is 5.75 Å². The molecule has 1 atom stereocenters. The third-order valence-electron chi connectivity index (χ3n) is 3.42. The van der Waals surface area contributed by atoms with Crippen molar-refractivity contribution in [2.75, 3.05) is 9.62 Å². The second-order valence-electron chi connectivity index (χ2n) is 5.36. The van der Waals surface area contributed by atoms with E-state index >= 15 is 0 Å². The second-order valence-corrected chi connectivity index (χ2v) is 6.19. The molecule has 0 spiro atoms. The first-order valence-electron chi connectivity index (χ1n) is 7.18. The fraction of sp³-hybridized carbons (Fsp3) is 0.188. The Hall–Kier alpha value is -2.10. The molecule has 2 rings (SSSR count). The van der Waals surface area contributed by atoms with Gasteiger partial charge in [0.25, 0.3) is 0 Å². The Morgan fingerprint density at radius 1 is 1.27 bits per heavy atom. The molecule has 0 aliphatic carbocycles. The second kappa shape index (κ2) is 7.65. The summed E-state index contributed by atoms with van der Waals surface area (Å²) >= 11 is 9.90. The van der Waals surface area contributed by atoms with E-state index in [1.165, 1.54) is 19.1 Å². The predicted octanol–water partition coefficient (Wildman–Crippen LogP) is 5.00. The highest BCUT2D eigenvalue weighted by molar-refractivity contribution is 7.82. The molecule has 0 aliphatic rings. The molecular formula is C16H14ClF3N2O3S. The summed E-state index contributed by atoms with van der Waals surface area (Å²) in [4.78, 5) is 12.2. The van der Waals surface area contributed by atoms with Gasteiger partial charge in [0, 0.05) is 16.3 Å². The third-order valence-corrected chi connectivity index (χ3v) is 4.03. The van der Waals surface area contributed by atoms with Gasteiger partial charge in [-0.25, -0.2) is 9.10 Å². The van der Waals surface area contributed by atoms with Crippen LogP contribution in [0.2, 0.25) is 5.02 Å². The number of carbonyl (C=O) groups excluding carboxylic acids is 1. The number of rotatable bonds is 3. The van der Waals surface area contributed by atoms with Crippen LogP contribution in [-0.4, -0.2) is 16.2 Å². The summed E-state index contributed by atoms with van der Waals surface area (Å²) < 4.78 is 38.4.